The van der Waals surface area contributed by atoms with Crippen molar-refractivity contribution in [3.8, 4) is 0 Å². The van der Waals surface area contributed by atoms with Gasteiger partial charge < -0.3 is 26.6 Å². The molecule has 102 valence electrons. The summed E-state index contributed by atoms with van der Waals surface area (Å²) in [7, 11) is 5.77. The first-order valence-corrected chi connectivity index (χ1v) is 6.09. The Morgan fingerprint density at radius 1 is 0.882 bits per heavy atom. The summed E-state index contributed by atoms with van der Waals surface area (Å²) in [6.07, 6.45) is 0. The van der Waals surface area contributed by atoms with Crippen LogP contribution in [0.4, 0.5) is 4.79 Å². The highest BCUT2D eigenvalue weighted by Gasteiger charge is 2.28. The van der Waals surface area contributed by atoms with Gasteiger partial charge >= 0.3 is 6.03 Å². The lowest BCUT2D eigenvalue weighted by Crippen LogP contribution is -2.54. The van der Waals surface area contributed by atoms with Gasteiger partial charge in [0.2, 0.25) is 0 Å². The summed E-state index contributed by atoms with van der Waals surface area (Å²) < 4.78 is 0. The highest BCUT2D eigenvalue weighted by atomic mass is 16.2. The van der Waals surface area contributed by atoms with Crippen LogP contribution in [0.2, 0.25) is 0 Å². The number of nitrogens with one attached hydrogen (secondary N) is 5. The Balaban J connectivity index is 4.37. The molecule has 0 aromatic carbocycles. The molecular weight excluding hydrogens is 218 g/mol. The van der Waals surface area contributed by atoms with Gasteiger partial charge in [-0.1, -0.05) is 0 Å². The Labute approximate surface area is 104 Å². The molecule has 0 aromatic rings. The quantitative estimate of drug-likeness (QED) is 0.359. The van der Waals surface area contributed by atoms with E-state index in [9.17, 15) is 4.79 Å². The van der Waals surface area contributed by atoms with Gasteiger partial charge in [-0.15, -0.1) is 0 Å². The molecule has 17 heavy (non-hydrogen) atoms. The van der Waals surface area contributed by atoms with E-state index >= 15 is 0 Å². The van der Waals surface area contributed by atoms with Crippen molar-refractivity contribution >= 4 is 6.03 Å². The summed E-state index contributed by atoms with van der Waals surface area (Å²) in [5.74, 6) is 0. The molecule has 6 heteroatoms. The van der Waals surface area contributed by atoms with Gasteiger partial charge in [0.1, 0.15) is 0 Å². The smallest absolute Gasteiger partial charge is 0.314 e. The van der Waals surface area contributed by atoms with Gasteiger partial charge in [-0.3, -0.25) is 0 Å². The van der Waals surface area contributed by atoms with E-state index in [4.69, 9.17) is 0 Å². The van der Waals surface area contributed by atoms with Crippen LogP contribution in [0.15, 0.2) is 0 Å². The van der Waals surface area contributed by atoms with E-state index in [2.05, 4.69) is 26.6 Å². The van der Waals surface area contributed by atoms with Crippen molar-refractivity contribution in [2.24, 2.45) is 5.41 Å². The molecule has 0 saturated heterocycles. The first-order valence-electron chi connectivity index (χ1n) is 6.09. The van der Waals surface area contributed by atoms with E-state index < -0.39 is 0 Å². The van der Waals surface area contributed by atoms with E-state index in [1.54, 1.807) is 0 Å². The molecule has 0 aliphatic carbocycles. The molecule has 2 amide bonds. The predicted octanol–water partition coefficient (Wildman–Crippen LogP) is -1.05. The van der Waals surface area contributed by atoms with Crippen molar-refractivity contribution in [1.82, 2.24) is 26.6 Å². The second kappa shape index (κ2) is 9.21. The van der Waals surface area contributed by atoms with Crippen LogP contribution >= 0.6 is 0 Å². The monoisotopic (exact) mass is 245 g/mol. The molecule has 0 saturated carbocycles. The Hall–Kier alpha value is -0.850. The van der Waals surface area contributed by atoms with Crippen LogP contribution in [-0.4, -0.2) is 59.9 Å². The van der Waals surface area contributed by atoms with E-state index in [1.807, 2.05) is 28.1 Å². The molecule has 0 bridgehead atoms. The van der Waals surface area contributed by atoms with Crippen LogP contribution < -0.4 is 26.6 Å². The number of carbonyl (C=O) groups excluding carboxylic acids is 1. The lowest BCUT2D eigenvalue weighted by atomic mass is 9.87. The molecule has 0 spiro atoms. The number of rotatable bonds is 9. The van der Waals surface area contributed by atoms with E-state index in [-0.39, 0.29) is 11.4 Å². The lowest BCUT2D eigenvalue weighted by Gasteiger charge is -2.33. The summed E-state index contributed by atoms with van der Waals surface area (Å²) in [6.45, 7) is 5.68. The van der Waals surface area contributed by atoms with Crippen molar-refractivity contribution in [2.75, 3.05) is 53.9 Å². The summed E-state index contributed by atoms with van der Waals surface area (Å²) >= 11 is 0. The molecule has 0 radical (unpaired) electrons. The van der Waals surface area contributed by atoms with Crippen molar-refractivity contribution in [2.45, 2.75) is 6.92 Å². The van der Waals surface area contributed by atoms with Crippen molar-refractivity contribution < 1.29 is 4.79 Å². The fourth-order valence-electron chi connectivity index (χ4n) is 1.99. The van der Waals surface area contributed by atoms with Crippen LogP contribution in [0, 0.1) is 5.41 Å². The van der Waals surface area contributed by atoms with Gasteiger partial charge in [-0.25, -0.2) is 4.79 Å². The van der Waals surface area contributed by atoms with Gasteiger partial charge in [0, 0.05) is 38.1 Å². The zero-order valence-electron chi connectivity index (χ0n) is 11.4. The first-order chi connectivity index (χ1) is 8.14. The molecule has 5 N–H and O–H groups in total. The molecule has 0 aliphatic heterocycles. The standard InChI is InChI=1S/C11H27N5O/c1-5-15-10(17)16-9-11(6-12-2,7-13-3)8-14-4/h12-14H,5-9H2,1-4H3,(H2,15,16,17). The number of hydrogen-bond acceptors (Lipinski definition) is 4. The van der Waals surface area contributed by atoms with Crippen molar-refractivity contribution in [1.29, 1.82) is 0 Å². The zero-order valence-corrected chi connectivity index (χ0v) is 11.4. The average molecular weight is 245 g/mol. The van der Waals surface area contributed by atoms with Crippen LogP contribution in [0.5, 0.6) is 0 Å². The molecular formula is C11H27N5O. The normalized spacial score (nSPS) is 11.3. The molecule has 0 unspecified atom stereocenters. The Kier molecular flexibility index (Phi) is 8.75. The van der Waals surface area contributed by atoms with Gasteiger partial charge in [0.05, 0.1) is 0 Å². The third-order valence-electron chi connectivity index (χ3n) is 2.62. The predicted molar refractivity (Wildman–Crippen MR) is 71.3 cm³/mol. The Morgan fingerprint density at radius 3 is 1.71 bits per heavy atom. The van der Waals surface area contributed by atoms with Gasteiger partial charge in [-0.2, -0.15) is 0 Å². The van der Waals surface area contributed by atoms with Crippen LogP contribution in [-0.2, 0) is 0 Å². The Morgan fingerprint density at radius 2 is 1.35 bits per heavy atom. The van der Waals surface area contributed by atoms with E-state index in [0.717, 1.165) is 19.6 Å². The molecule has 0 aliphatic rings. The minimum Gasteiger partial charge on any atom is -0.338 e. The molecule has 6 nitrogen and oxygen atoms in total. The largest absolute Gasteiger partial charge is 0.338 e. The maximum Gasteiger partial charge on any atom is 0.314 e. The maximum absolute atomic E-state index is 11.4. The molecule has 0 fully saturated rings. The minimum absolute atomic E-state index is 0.0245. The number of urea groups is 1. The average Bonchev–Trinajstić information content (AvgIpc) is 2.28. The summed E-state index contributed by atoms with van der Waals surface area (Å²) in [5.41, 5.74) is -0.0245. The third-order valence-corrected chi connectivity index (χ3v) is 2.62. The topological polar surface area (TPSA) is 77.2 Å². The maximum atomic E-state index is 11.4. The summed E-state index contributed by atoms with van der Waals surface area (Å²) in [6, 6.07) is -0.111. The number of hydrogen-bond donors (Lipinski definition) is 5. The Bertz CT molecular complexity index is 193. The molecule has 0 atom stereocenters. The minimum atomic E-state index is -0.111. The summed E-state index contributed by atoms with van der Waals surface area (Å²) in [4.78, 5) is 11.4. The summed E-state index contributed by atoms with van der Waals surface area (Å²) in [5, 5.41) is 15.2. The SMILES string of the molecule is CCNC(=O)NCC(CNC)(CNC)CNC. The number of carbonyl (C=O) groups is 1. The van der Waals surface area contributed by atoms with Gasteiger partial charge in [0.25, 0.3) is 0 Å². The van der Waals surface area contributed by atoms with Crippen molar-refractivity contribution in [3.05, 3.63) is 0 Å². The highest BCUT2D eigenvalue weighted by molar-refractivity contribution is 5.73. The van der Waals surface area contributed by atoms with Crippen LogP contribution in [0.3, 0.4) is 0 Å². The van der Waals surface area contributed by atoms with Gasteiger partial charge in [0.15, 0.2) is 0 Å². The lowest BCUT2D eigenvalue weighted by molar-refractivity contribution is 0.221. The zero-order chi connectivity index (χ0) is 13.1. The van der Waals surface area contributed by atoms with Crippen LogP contribution in [0.1, 0.15) is 6.92 Å². The van der Waals surface area contributed by atoms with E-state index in [1.165, 1.54) is 0 Å². The highest BCUT2D eigenvalue weighted by Crippen LogP contribution is 2.12. The third kappa shape index (κ3) is 6.45. The molecule has 0 rings (SSSR count). The fourth-order valence-corrected chi connectivity index (χ4v) is 1.99. The van der Waals surface area contributed by atoms with Gasteiger partial charge in [-0.05, 0) is 28.1 Å². The molecule has 0 aromatic heterocycles. The van der Waals surface area contributed by atoms with E-state index in [0.29, 0.717) is 13.1 Å². The van der Waals surface area contributed by atoms with Crippen LogP contribution in [0.25, 0.3) is 0 Å². The number of amides is 2. The van der Waals surface area contributed by atoms with Crippen molar-refractivity contribution in [3.63, 3.8) is 0 Å². The fraction of sp³-hybridized carbons (Fsp3) is 0.909. The second-order valence-corrected chi connectivity index (χ2v) is 4.30. The first kappa shape index (κ1) is 16.1. The second-order valence-electron chi connectivity index (χ2n) is 4.30. The molecule has 0 heterocycles.